The van der Waals surface area contributed by atoms with Gasteiger partial charge < -0.3 is 10.4 Å². The van der Waals surface area contributed by atoms with Crippen LogP contribution >= 0.6 is 0 Å². The number of aromatic nitrogens is 2. The van der Waals surface area contributed by atoms with Crippen LogP contribution in [0.15, 0.2) is 18.5 Å². The lowest BCUT2D eigenvalue weighted by Gasteiger charge is -2.17. The number of rotatable bonds is 5. The molecule has 0 aromatic carbocycles. The third-order valence-electron chi connectivity index (χ3n) is 3.31. The molecule has 1 amide bonds. The smallest absolute Gasteiger partial charge is 0.308 e. The van der Waals surface area contributed by atoms with Gasteiger partial charge in [0.05, 0.1) is 5.92 Å². The highest BCUT2D eigenvalue weighted by Gasteiger charge is 2.33. The van der Waals surface area contributed by atoms with Crippen molar-refractivity contribution in [3.8, 4) is 0 Å². The summed E-state index contributed by atoms with van der Waals surface area (Å²) in [6.07, 6.45) is 6.05. The van der Waals surface area contributed by atoms with Crippen LogP contribution in [0.5, 0.6) is 0 Å². The van der Waals surface area contributed by atoms with E-state index >= 15 is 0 Å². The Morgan fingerprint density at radius 1 is 1.44 bits per heavy atom. The molecule has 0 radical (unpaired) electrons. The van der Waals surface area contributed by atoms with Gasteiger partial charge in [-0.2, -0.15) is 5.10 Å². The molecule has 2 N–H and O–H groups in total. The highest BCUT2D eigenvalue weighted by Crippen LogP contribution is 2.25. The van der Waals surface area contributed by atoms with Crippen molar-refractivity contribution in [2.45, 2.75) is 38.3 Å². The van der Waals surface area contributed by atoms with Crippen LogP contribution in [0.25, 0.3) is 0 Å². The maximum atomic E-state index is 11.7. The van der Waals surface area contributed by atoms with Crippen molar-refractivity contribution in [3.05, 3.63) is 18.5 Å². The number of aliphatic carboxylic acids is 1. The molecule has 98 valence electrons. The number of aryl methyl sites for hydroxylation is 1. The average molecular weight is 251 g/mol. The summed E-state index contributed by atoms with van der Waals surface area (Å²) in [5.74, 6) is -1.35. The van der Waals surface area contributed by atoms with E-state index in [0.29, 0.717) is 19.4 Å². The van der Waals surface area contributed by atoms with Crippen LogP contribution in [0.1, 0.15) is 25.7 Å². The van der Waals surface area contributed by atoms with E-state index in [4.69, 9.17) is 5.11 Å². The third-order valence-corrected chi connectivity index (χ3v) is 3.31. The van der Waals surface area contributed by atoms with Crippen molar-refractivity contribution in [2.24, 2.45) is 5.92 Å². The van der Waals surface area contributed by atoms with Gasteiger partial charge in [-0.05, 0) is 18.9 Å². The summed E-state index contributed by atoms with van der Waals surface area (Å²) in [7, 11) is 0. The van der Waals surface area contributed by atoms with Gasteiger partial charge in [0.15, 0.2) is 0 Å². The van der Waals surface area contributed by atoms with Crippen LogP contribution in [0.3, 0.4) is 0 Å². The molecule has 1 aromatic rings. The molecule has 6 heteroatoms. The van der Waals surface area contributed by atoms with E-state index < -0.39 is 11.9 Å². The molecule has 18 heavy (non-hydrogen) atoms. The molecule has 0 aliphatic heterocycles. The van der Waals surface area contributed by atoms with Crippen molar-refractivity contribution >= 4 is 11.9 Å². The topological polar surface area (TPSA) is 84.2 Å². The average Bonchev–Trinajstić information content (AvgIpc) is 2.96. The van der Waals surface area contributed by atoms with Gasteiger partial charge in [0.25, 0.3) is 0 Å². The van der Waals surface area contributed by atoms with Crippen molar-refractivity contribution in [2.75, 3.05) is 0 Å². The highest BCUT2D eigenvalue weighted by atomic mass is 16.4. The molecule has 1 aromatic heterocycles. The van der Waals surface area contributed by atoms with E-state index in [2.05, 4.69) is 10.4 Å². The Morgan fingerprint density at radius 3 is 2.94 bits per heavy atom. The molecular formula is C12H17N3O3. The zero-order valence-electron chi connectivity index (χ0n) is 10.1. The molecule has 0 saturated heterocycles. The van der Waals surface area contributed by atoms with Gasteiger partial charge in [-0.15, -0.1) is 0 Å². The fourth-order valence-electron chi connectivity index (χ4n) is 2.36. The summed E-state index contributed by atoms with van der Waals surface area (Å²) in [4.78, 5) is 22.7. The molecule has 0 spiro atoms. The van der Waals surface area contributed by atoms with Crippen molar-refractivity contribution in [1.29, 1.82) is 0 Å². The Hall–Kier alpha value is -1.85. The second kappa shape index (κ2) is 5.66. The molecule has 1 heterocycles. The van der Waals surface area contributed by atoms with Crippen molar-refractivity contribution < 1.29 is 14.7 Å². The quantitative estimate of drug-likeness (QED) is 0.804. The van der Waals surface area contributed by atoms with Crippen LogP contribution in [0.2, 0.25) is 0 Å². The largest absolute Gasteiger partial charge is 0.481 e. The number of carbonyl (C=O) groups is 2. The molecule has 6 nitrogen and oxygen atoms in total. The number of carboxylic acid groups (broad SMARTS) is 1. The summed E-state index contributed by atoms with van der Waals surface area (Å²) in [6, 6.07) is 1.59. The number of nitrogens with one attached hydrogen (secondary N) is 1. The first-order valence-electron chi connectivity index (χ1n) is 6.16. The Morgan fingerprint density at radius 2 is 2.28 bits per heavy atom. The van der Waals surface area contributed by atoms with Gasteiger partial charge in [-0.25, -0.2) is 0 Å². The van der Waals surface area contributed by atoms with E-state index in [1.165, 1.54) is 0 Å². The van der Waals surface area contributed by atoms with Gasteiger partial charge in [0.1, 0.15) is 0 Å². The van der Waals surface area contributed by atoms with Crippen LogP contribution in [-0.2, 0) is 16.1 Å². The van der Waals surface area contributed by atoms with Gasteiger partial charge in [-0.1, -0.05) is 6.42 Å². The van der Waals surface area contributed by atoms with Crippen LogP contribution < -0.4 is 5.32 Å². The predicted molar refractivity (Wildman–Crippen MR) is 63.8 cm³/mol. The summed E-state index contributed by atoms with van der Waals surface area (Å²) >= 11 is 0. The lowest BCUT2D eigenvalue weighted by molar-refractivity contribution is -0.142. The van der Waals surface area contributed by atoms with Gasteiger partial charge in [-0.3, -0.25) is 14.3 Å². The van der Waals surface area contributed by atoms with Gasteiger partial charge in [0, 0.05) is 31.4 Å². The maximum Gasteiger partial charge on any atom is 0.308 e. The van der Waals surface area contributed by atoms with Crippen molar-refractivity contribution in [1.82, 2.24) is 15.1 Å². The normalized spacial score (nSPS) is 22.9. The second-order valence-electron chi connectivity index (χ2n) is 4.57. The minimum absolute atomic E-state index is 0.108. The molecule has 1 aliphatic carbocycles. The first kappa shape index (κ1) is 12.6. The first-order chi connectivity index (χ1) is 8.66. The molecule has 1 aliphatic rings. The zero-order chi connectivity index (χ0) is 13.0. The monoisotopic (exact) mass is 251 g/mol. The Bertz CT molecular complexity index is 416. The predicted octanol–water partition coefficient (Wildman–Crippen LogP) is 0.643. The number of carbonyl (C=O) groups excluding carboxylic acids is 1. The fraction of sp³-hybridized carbons (Fsp3) is 0.583. The number of amides is 1. The highest BCUT2D eigenvalue weighted by molar-refractivity contribution is 5.78. The Labute approximate surface area is 105 Å². The lowest BCUT2D eigenvalue weighted by Crippen LogP contribution is -2.40. The van der Waals surface area contributed by atoms with Gasteiger partial charge >= 0.3 is 5.97 Å². The molecular weight excluding hydrogens is 234 g/mol. The third kappa shape index (κ3) is 3.09. The summed E-state index contributed by atoms with van der Waals surface area (Å²) < 4.78 is 1.68. The Kier molecular flexibility index (Phi) is 3.96. The molecule has 1 fully saturated rings. The van der Waals surface area contributed by atoms with E-state index in [0.717, 1.165) is 12.8 Å². The minimum Gasteiger partial charge on any atom is -0.481 e. The van der Waals surface area contributed by atoms with Crippen LogP contribution in [-0.4, -0.2) is 32.8 Å². The number of hydrogen-bond donors (Lipinski definition) is 2. The SMILES string of the molecule is O=C(CCn1cccn1)NC1CCCC1C(=O)O. The van der Waals surface area contributed by atoms with E-state index in [1.807, 2.05) is 0 Å². The number of nitrogens with zero attached hydrogens (tertiary/aromatic N) is 2. The minimum atomic E-state index is -0.815. The lowest BCUT2D eigenvalue weighted by atomic mass is 10.0. The molecule has 1 saturated carbocycles. The summed E-state index contributed by atoms with van der Waals surface area (Å²) in [5.41, 5.74) is 0. The molecule has 2 rings (SSSR count). The maximum absolute atomic E-state index is 11.7. The molecule has 2 atom stereocenters. The number of hydrogen-bond acceptors (Lipinski definition) is 3. The first-order valence-corrected chi connectivity index (χ1v) is 6.16. The van der Waals surface area contributed by atoms with E-state index in [9.17, 15) is 9.59 Å². The molecule has 2 unspecified atom stereocenters. The zero-order valence-corrected chi connectivity index (χ0v) is 10.1. The number of carboxylic acids is 1. The standard InChI is InChI=1S/C12H17N3O3/c16-11(5-8-15-7-2-6-13-15)14-10-4-1-3-9(10)12(17)18/h2,6-7,9-10H,1,3-5,8H2,(H,14,16)(H,17,18). The second-order valence-corrected chi connectivity index (χ2v) is 4.57. The van der Waals surface area contributed by atoms with E-state index in [-0.39, 0.29) is 11.9 Å². The van der Waals surface area contributed by atoms with Gasteiger partial charge in [0.2, 0.25) is 5.91 Å². The molecule has 0 bridgehead atoms. The summed E-state index contributed by atoms with van der Waals surface area (Å²) in [6.45, 7) is 0.517. The Balaban J connectivity index is 1.78. The van der Waals surface area contributed by atoms with E-state index in [1.54, 1.807) is 23.1 Å². The van der Waals surface area contributed by atoms with Crippen molar-refractivity contribution in [3.63, 3.8) is 0 Å². The van der Waals surface area contributed by atoms with Crippen LogP contribution in [0, 0.1) is 5.92 Å². The fourth-order valence-corrected chi connectivity index (χ4v) is 2.36. The summed E-state index contributed by atoms with van der Waals surface area (Å²) in [5, 5.41) is 15.8. The van der Waals surface area contributed by atoms with Crippen LogP contribution in [0.4, 0.5) is 0 Å².